The highest BCUT2D eigenvalue weighted by molar-refractivity contribution is 5.94. The number of pyridine rings is 1. The summed E-state index contributed by atoms with van der Waals surface area (Å²) in [6, 6.07) is 10.2. The molecule has 0 fully saturated rings. The molecule has 0 aliphatic heterocycles. The lowest BCUT2D eigenvalue weighted by atomic mass is 10.1. The average Bonchev–Trinajstić information content (AvgIpc) is 2.61. The van der Waals surface area contributed by atoms with Crippen LogP contribution in [0.4, 0.5) is 10.2 Å². The van der Waals surface area contributed by atoms with E-state index in [-0.39, 0.29) is 11.7 Å². The van der Waals surface area contributed by atoms with Gasteiger partial charge in [-0.3, -0.25) is 4.79 Å². The second-order valence-electron chi connectivity index (χ2n) is 5.78. The lowest BCUT2D eigenvalue weighted by Crippen LogP contribution is -2.27. The molecular formula is C19H24FN3O. The van der Waals surface area contributed by atoms with Crippen LogP contribution in [0.15, 0.2) is 42.6 Å². The van der Waals surface area contributed by atoms with Crippen LogP contribution >= 0.6 is 0 Å². The first-order valence-electron chi connectivity index (χ1n) is 8.30. The minimum absolute atomic E-state index is 0.0111. The van der Waals surface area contributed by atoms with E-state index in [1.807, 2.05) is 13.1 Å². The number of hydrogen-bond donors (Lipinski definition) is 1. The molecule has 0 saturated carbocycles. The molecule has 0 bridgehead atoms. The Morgan fingerprint density at radius 2 is 2.08 bits per heavy atom. The Labute approximate surface area is 142 Å². The van der Waals surface area contributed by atoms with E-state index >= 15 is 0 Å². The summed E-state index contributed by atoms with van der Waals surface area (Å²) in [5, 5.41) is 3.15. The Balaban J connectivity index is 1.93. The van der Waals surface area contributed by atoms with Crippen LogP contribution < -0.4 is 5.32 Å². The first-order chi connectivity index (χ1) is 11.6. The van der Waals surface area contributed by atoms with E-state index in [2.05, 4.69) is 17.2 Å². The second-order valence-corrected chi connectivity index (χ2v) is 5.78. The van der Waals surface area contributed by atoms with Gasteiger partial charge in [-0.25, -0.2) is 9.37 Å². The largest absolute Gasteiger partial charge is 0.370 e. The molecule has 1 aromatic carbocycles. The van der Waals surface area contributed by atoms with Crippen LogP contribution in [-0.4, -0.2) is 35.9 Å². The number of amides is 1. The molecule has 128 valence electrons. The van der Waals surface area contributed by atoms with E-state index in [1.54, 1.807) is 35.4 Å². The number of anilines is 1. The zero-order chi connectivity index (χ0) is 17.4. The van der Waals surface area contributed by atoms with Gasteiger partial charge in [0, 0.05) is 31.9 Å². The van der Waals surface area contributed by atoms with Crippen molar-refractivity contribution in [3.05, 3.63) is 59.5 Å². The van der Waals surface area contributed by atoms with Crippen LogP contribution in [-0.2, 0) is 6.42 Å². The van der Waals surface area contributed by atoms with Crippen LogP contribution in [0.3, 0.4) is 0 Å². The van der Waals surface area contributed by atoms with Crippen molar-refractivity contribution in [2.45, 2.75) is 26.2 Å². The first-order valence-corrected chi connectivity index (χ1v) is 8.30. The third-order valence-corrected chi connectivity index (χ3v) is 3.86. The lowest BCUT2D eigenvalue weighted by molar-refractivity contribution is 0.0793. The molecule has 0 aliphatic carbocycles. The topological polar surface area (TPSA) is 45.2 Å². The van der Waals surface area contributed by atoms with Crippen molar-refractivity contribution in [2.24, 2.45) is 0 Å². The van der Waals surface area contributed by atoms with Crippen molar-refractivity contribution in [1.29, 1.82) is 0 Å². The third-order valence-electron chi connectivity index (χ3n) is 3.86. The summed E-state index contributed by atoms with van der Waals surface area (Å²) < 4.78 is 13.6. The number of carbonyl (C=O) groups is 1. The molecule has 4 nitrogen and oxygen atoms in total. The number of carbonyl (C=O) groups excluding carboxylic acids is 1. The molecule has 5 heteroatoms. The predicted molar refractivity (Wildman–Crippen MR) is 94.7 cm³/mol. The Morgan fingerprint density at radius 1 is 1.29 bits per heavy atom. The molecule has 0 atom stereocenters. The maximum Gasteiger partial charge on any atom is 0.253 e. The number of benzene rings is 1. The number of unbranched alkanes of at least 4 members (excludes halogenated alkanes) is 1. The highest BCUT2D eigenvalue weighted by Gasteiger charge is 2.12. The van der Waals surface area contributed by atoms with E-state index in [9.17, 15) is 9.18 Å². The number of rotatable bonds is 8. The Kier molecular flexibility index (Phi) is 6.73. The molecule has 2 rings (SSSR count). The summed E-state index contributed by atoms with van der Waals surface area (Å²) in [5.41, 5.74) is 1.27. The van der Waals surface area contributed by atoms with E-state index in [0.29, 0.717) is 29.9 Å². The smallest absolute Gasteiger partial charge is 0.253 e. The quantitative estimate of drug-likeness (QED) is 0.802. The molecule has 1 amide bonds. The normalized spacial score (nSPS) is 10.5. The van der Waals surface area contributed by atoms with Gasteiger partial charge in [0.05, 0.1) is 0 Å². The number of halogens is 1. The fourth-order valence-electron chi connectivity index (χ4n) is 2.40. The summed E-state index contributed by atoms with van der Waals surface area (Å²) in [6.45, 7) is 3.40. The zero-order valence-corrected chi connectivity index (χ0v) is 14.3. The fourth-order valence-corrected chi connectivity index (χ4v) is 2.40. The van der Waals surface area contributed by atoms with Gasteiger partial charge in [0.15, 0.2) is 0 Å². The molecule has 0 spiro atoms. The molecule has 1 N–H and O–H groups in total. The van der Waals surface area contributed by atoms with Crippen molar-refractivity contribution >= 4 is 11.7 Å². The van der Waals surface area contributed by atoms with Crippen molar-refractivity contribution in [2.75, 3.05) is 25.5 Å². The van der Waals surface area contributed by atoms with Crippen molar-refractivity contribution in [1.82, 2.24) is 9.88 Å². The summed E-state index contributed by atoms with van der Waals surface area (Å²) in [4.78, 5) is 18.3. The average molecular weight is 329 g/mol. The van der Waals surface area contributed by atoms with E-state index in [4.69, 9.17) is 0 Å². The van der Waals surface area contributed by atoms with E-state index in [1.165, 1.54) is 6.07 Å². The number of nitrogens with one attached hydrogen (secondary N) is 1. The Morgan fingerprint density at radius 3 is 2.83 bits per heavy atom. The summed E-state index contributed by atoms with van der Waals surface area (Å²) in [5.74, 6) is 0.415. The number of hydrogen-bond acceptors (Lipinski definition) is 3. The van der Waals surface area contributed by atoms with Gasteiger partial charge in [-0.2, -0.15) is 0 Å². The molecule has 24 heavy (non-hydrogen) atoms. The predicted octanol–water partition coefficient (Wildman–Crippen LogP) is 3.75. The zero-order valence-electron chi connectivity index (χ0n) is 14.3. The maximum atomic E-state index is 13.6. The standard InChI is InChI=1S/C19H24FN3O/c1-3-4-13-23(2)19(24)16-10-12-22-18(14-16)21-11-9-15-7-5-6-8-17(15)20/h5-8,10,12,14H,3-4,9,11,13H2,1-2H3,(H,21,22). The Bertz CT molecular complexity index is 675. The molecule has 0 radical (unpaired) electrons. The van der Waals surface area contributed by atoms with Gasteiger partial charge in [-0.15, -0.1) is 0 Å². The first kappa shape index (κ1) is 17.9. The van der Waals surface area contributed by atoms with E-state index < -0.39 is 0 Å². The SMILES string of the molecule is CCCCN(C)C(=O)c1ccnc(NCCc2ccccc2F)c1. The summed E-state index contributed by atoms with van der Waals surface area (Å²) >= 11 is 0. The van der Waals surface area contributed by atoms with Gasteiger partial charge in [-0.05, 0) is 36.6 Å². The van der Waals surface area contributed by atoms with Crippen LogP contribution in [0.1, 0.15) is 35.7 Å². The van der Waals surface area contributed by atoms with Crippen LogP contribution in [0.5, 0.6) is 0 Å². The van der Waals surface area contributed by atoms with Crippen molar-refractivity contribution in [3.8, 4) is 0 Å². The van der Waals surface area contributed by atoms with E-state index in [0.717, 1.165) is 19.4 Å². The van der Waals surface area contributed by atoms with Gasteiger partial charge in [-0.1, -0.05) is 31.5 Å². The lowest BCUT2D eigenvalue weighted by Gasteiger charge is -2.17. The Hall–Kier alpha value is -2.43. The maximum absolute atomic E-state index is 13.6. The summed E-state index contributed by atoms with van der Waals surface area (Å²) in [6.07, 6.45) is 4.22. The van der Waals surface area contributed by atoms with Crippen LogP contribution in [0.25, 0.3) is 0 Å². The molecule has 1 heterocycles. The number of aromatic nitrogens is 1. The molecule has 0 saturated heterocycles. The fraction of sp³-hybridized carbons (Fsp3) is 0.368. The van der Waals surface area contributed by atoms with Gasteiger partial charge >= 0.3 is 0 Å². The monoisotopic (exact) mass is 329 g/mol. The minimum atomic E-state index is -0.200. The van der Waals surface area contributed by atoms with Crippen LogP contribution in [0, 0.1) is 5.82 Å². The van der Waals surface area contributed by atoms with Crippen molar-refractivity contribution < 1.29 is 9.18 Å². The highest BCUT2D eigenvalue weighted by Crippen LogP contribution is 2.11. The van der Waals surface area contributed by atoms with Crippen LogP contribution in [0.2, 0.25) is 0 Å². The highest BCUT2D eigenvalue weighted by atomic mass is 19.1. The molecular weight excluding hydrogens is 305 g/mol. The second kappa shape index (κ2) is 9.01. The van der Waals surface area contributed by atoms with Gasteiger partial charge < -0.3 is 10.2 Å². The van der Waals surface area contributed by atoms with Crippen molar-refractivity contribution in [3.63, 3.8) is 0 Å². The van der Waals surface area contributed by atoms with Gasteiger partial charge in [0.25, 0.3) is 5.91 Å². The molecule has 0 aliphatic rings. The molecule has 1 aromatic heterocycles. The molecule has 0 unspecified atom stereocenters. The van der Waals surface area contributed by atoms with Gasteiger partial charge in [0.1, 0.15) is 11.6 Å². The number of nitrogens with zero attached hydrogens (tertiary/aromatic N) is 2. The minimum Gasteiger partial charge on any atom is -0.370 e. The third kappa shape index (κ3) is 5.05. The molecule has 2 aromatic rings. The van der Waals surface area contributed by atoms with Gasteiger partial charge in [0.2, 0.25) is 0 Å². The summed E-state index contributed by atoms with van der Waals surface area (Å²) in [7, 11) is 1.81.